The Balaban J connectivity index is 2.04. The minimum atomic E-state index is -0.532. The largest absolute Gasteiger partial charge is 0.457 e. The van der Waals surface area contributed by atoms with Crippen LogP contribution in [0.3, 0.4) is 0 Å². The molecule has 3 rings (SSSR count). The Morgan fingerprint density at radius 3 is 2.75 bits per heavy atom. The summed E-state index contributed by atoms with van der Waals surface area (Å²) in [7, 11) is 0. The molecule has 6 heteroatoms. The molecule has 124 valence electrons. The van der Waals surface area contributed by atoms with Gasteiger partial charge in [-0.15, -0.1) is 0 Å². The summed E-state index contributed by atoms with van der Waals surface area (Å²) in [5.74, 6) is 0. The van der Waals surface area contributed by atoms with Crippen molar-refractivity contribution in [3.63, 3.8) is 0 Å². The molecule has 2 heterocycles. The number of aromatic nitrogens is 2. The maximum Gasteiger partial charge on any atom is 0.337 e. The minimum absolute atomic E-state index is 0.00455. The zero-order valence-electron chi connectivity index (χ0n) is 13.8. The Labute approximate surface area is 138 Å². The van der Waals surface area contributed by atoms with E-state index in [1.54, 1.807) is 0 Å². The van der Waals surface area contributed by atoms with Crippen molar-refractivity contribution in [1.82, 2.24) is 9.97 Å². The van der Waals surface area contributed by atoms with Crippen molar-refractivity contribution in [2.24, 2.45) is 0 Å². The summed E-state index contributed by atoms with van der Waals surface area (Å²) >= 11 is 0. The molecule has 0 fully saturated rings. The fourth-order valence-electron chi connectivity index (χ4n) is 2.74. The quantitative estimate of drug-likeness (QED) is 0.797. The Bertz CT molecular complexity index is 1000. The van der Waals surface area contributed by atoms with Crippen molar-refractivity contribution in [2.75, 3.05) is 0 Å². The van der Waals surface area contributed by atoms with E-state index < -0.39 is 5.63 Å². The van der Waals surface area contributed by atoms with Gasteiger partial charge in [-0.25, -0.2) is 4.79 Å². The molecule has 1 atom stereocenters. The summed E-state index contributed by atoms with van der Waals surface area (Å²) in [4.78, 5) is 30.7. The lowest BCUT2D eigenvalue weighted by Gasteiger charge is -2.16. The summed E-state index contributed by atoms with van der Waals surface area (Å²) in [6.45, 7) is 5.71. The van der Waals surface area contributed by atoms with E-state index in [1.165, 1.54) is 6.07 Å². The number of nitrogens with zero attached hydrogens (tertiary/aromatic N) is 1. The second kappa shape index (κ2) is 6.31. The zero-order chi connectivity index (χ0) is 17.3. The lowest BCUT2D eigenvalue weighted by atomic mass is 10.1. The van der Waals surface area contributed by atoms with Crippen LogP contribution >= 0.6 is 0 Å². The number of hydrogen-bond donors (Lipinski definition) is 1. The molecular formula is C18H18N2O4. The van der Waals surface area contributed by atoms with E-state index in [2.05, 4.69) is 9.97 Å². The van der Waals surface area contributed by atoms with Crippen molar-refractivity contribution in [3.05, 3.63) is 67.8 Å². The van der Waals surface area contributed by atoms with Crippen LogP contribution in [0.2, 0.25) is 0 Å². The molecule has 0 aliphatic rings. The number of H-pyrrole nitrogens is 1. The van der Waals surface area contributed by atoms with Gasteiger partial charge in [-0.2, -0.15) is 4.98 Å². The van der Waals surface area contributed by atoms with Gasteiger partial charge in [0.1, 0.15) is 11.5 Å². The number of nitrogens with one attached hydrogen (secondary N) is 1. The molecule has 0 saturated heterocycles. The summed E-state index contributed by atoms with van der Waals surface area (Å²) in [5, 5.41) is 0.285. The van der Waals surface area contributed by atoms with Gasteiger partial charge in [0.15, 0.2) is 0 Å². The fraction of sp³-hybridized carbons (Fsp3) is 0.278. The van der Waals surface area contributed by atoms with Gasteiger partial charge in [0.25, 0.3) is 11.6 Å². The van der Waals surface area contributed by atoms with Gasteiger partial charge in [0.2, 0.25) is 5.71 Å². The predicted molar refractivity (Wildman–Crippen MR) is 90.5 cm³/mol. The highest BCUT2D eigenvalue weighted by Gasteiger charge is 2.15. The van der Waals surface area contributed by atoms with Crippen LogP contribution < -0.4 is 15.9 Å². The van der Waals surface area contributed by atoms with Crippen LogP contribution in [0.25, 0.3) is 11.1 Å². The number of aromatic amines is 1. The fourth-order valence-corrected chi connectivity index (χ4v) is 2.74. The molecule has 2 aromatic heterocycles. The van der Waals surface area contributed by atoms with Crippen LogP contribution in [0, 0.1) is 6.92 Å². The number of ether oxygens (including phenoxy) is 1. The number of rotatable bonds is 4. The first-order valence-corrected chi connectivity index (χ1v) is 7.78. The molecule has 0 bridgehead atoms. The molecular weight excluding hydrogens is 308 g/mol. The standard InChI is InChI=1S/C18H18N2O4/c1-4-12-9-14(21)24-17-15(12)16(22)19-18(20-17)23-11(3)13-8-6-5-7-10(13)2/h5-9,11H,4H2,1-3H3,(H,19,20,22)/t11-/m1/s1. The maximum atomic E-state index is 12.3. The van der Waals surface area contributed by atoms with Crippen LogP contribution in [-0.4, -0.2) is 9.97 Å². The highest BCUT2D eigenvalue weighted by Crippen LogP contribution is 2.22. The van der Waals surface area contributed by atoms with Gasteiger partial charge < -0.3 is 9.15 Å². The van der Waals surface area contributed by atoms with Crippen LogP contribution in [0.15, 0.2) is 44.3 Å². The van der Waals surface area contributed by atoms with Crippen molar-refractivity contribution in [3.8, 4) is 6.01 Å². The molecule has 0 aliphatic heterocycles. The molecule has 6 nitrogen and oxygen atoms in total. The minimum Gasteiger partial charge on any atom is -0.457 e. The number of fused-ring (bicyclic) bond motifs is 1. The molecule has 0 spiro atoms. The van der Waals surface area contributed by atoms with Gasteiger partial charge in [-0.1, -0.05) is 31.2 Å². The van der Waals surface area contributed by atoms with Crippen molar-refractivity contribution < 1.29 is 9.15 Å². The zero-order valence-corrected chi connectivity index (χ0v) is 13.8. The highest BCUT2D eigenvalue weighted by molar-refractivity contribution is 5.75. The molecule has 1 N–H and O–H groups in total. The first-order chi connectivity index (χ1) is 11.5. The summed E-state index contributed by atoms with van der Waals surface area (Å²) in [5.41, 5.74) is 1.75. The Morgan fingerprint density at radius 2 is 2.04 bits per heavy atom. The van der Waals surface area contributed by atoms with E-state index in [1.807, 2.05) is 45.0 Å². The summed E-state index contributed by atoms with van der Waals surface area (Å²) < 4.78 is 10.8. The molecule has 0 saturated carbocycles. The number of benzene rings is 1. The molecule has 0 unspecified atom stereocenters. The molecule has 0 aliphatic carbocycles. The van der Waals surface area contributed by atoms with E-state index in [0.29, 0.717) is 12.0 Å². The van der Waals surface area contributed by atoms with Crippen LogP contribution in [0.4, 0.5) is 0 Å². The number of aryl methyl sites for hydroxylation is 2. The highest BCUT2D eigenvalue weighted by atomic mass is 16.5. The van der Waals surface area contributed by atoms with Gasteiger partial charge >= 0.3 is 5.63 Å². The monoisotopic (exact) mass is 326 g/mol. The second-order valence-corrected chi connectivity index (χ2v) is 5.61. The van der Waals surface area contributed by atoms with Crippen LogP contribution in [0.1, 0.15) is 36.6 Å². The lowest BCUT2D eigenvalue weighted by molar-refractivity contribution is 0.206. The average molecular weight is 326 g/mol. The van der Waals surface area contributed by atoms with Crippen molar-refractivity contribution in [2.45, 2.75) is 33.3 Å². The van der Waals surface area contributed by atoms with Gasteiger partial charge in [0.05, 0.1) is 0 Å². The first kappa shape index (κ1) is 16.0. The predicted octanol–water partition coefficient (Wildman–Crippen LogP) is 2.89. The summed E-state index contributed by atoms with van der Waals surface area (Å²) in [6, 6.07) is 9.15. The van der Waals surface area contributed by atoms with Gasteiger partial charge in [-0.3, -0.25) is 9.78 Å². The average Bonchev–Trinajstić information content (AvgIpc) is 2.53. The third-order valence-electron chi connectivity index (χ3n) is 3.97. The first-order valence-electron chi connectivity index (χ1n) is 7.78. The second-order valence-electron chi connectivity index (χ2n) is 5.61. The SMILES string of the molecule is CCc1cc(=O)oc2nc(O[C@H](C)c3ccccc3C)[nH]c(=O)c12. The third kappa shape index (κ3) is 2.95. The Kier molecular flexibility index (Phi) is 4.20. The van der Waals surface area contributed by atoms with E-state index in [4.69, 9.17) is 9.15 Å². The van der Waals surface area contributed by atoms with Gasteiger partial charge in [-0.05, 0) is 37.0 Å². The smallest absolute Gasteiger partial charge is 0.337 e. The Morgan fingerprint density at radius 1 is 1.29 bits per heavy atom. The topological polar surface area (TPSA) is 85.2 Å². The third-order valence-corrected chi connectivity index (χ3v) is 3.97. The van der Waals surface area contributed by atoms with E-state index in [0.717, 1.165) is 11.1 Å². The molecule has 3 aromatic rings. The van der Waals surface area contributed by atoms with Crippen LogP contribution in [0.5, 0.6) is 6.01 Å². The number of hydrogen-bond acceptors (Lipinski definition) is 5. The lowest BCUT2D eigenvalue weighted by Crippen LogP contribution is -2.16. The normalized spacial score (nSPS) is 12.3. The van der Waals surface area contributed by atoms with E-state index >= 15 is 0 Å². The van der Waals surface area contributed by atoms with E-state index in [9.17, 15) is 9.59 Å². The van der Waals surface area contributed by atoms with Gasteiger partial charge in [0, 0.05) is 6.07 Å². The molecule has 0 radical (unpaired) electrons. The van der Waals surface area contributed by atoms with Crippen molar-refractivity contribution >= 4 is 11.1 Å². The summed E-state index contributed by atoms with van der Waals surface area (Å²) in [6.07, 6.45) is 0.222. The van der Waals surface area contributed by atoms with Crippen LogP contribution in [-0.2, 0) is 6.42 Å². The molecule has 0 amide bonds. The molecule has 1 aromatic carbocycles. The molecule has 24 heavy (non-hydrogen) atoms. The van der Waals surface area contributed by atoms with Crippen molar-refractivity contribution in [1.29, 1.82) is 0 Å². The Hall–Kier alpha value is -2.89. The maximum absolute atomic E-state index is 12.3. The van der Waals surface area contributed by atoms with E-state index in [-0.39, 0.29) is 28.8 Å².